The average molecular weight is 306 g/mol. The lowest BCUT2D eigenvalue weighted by Gasteiger charge is -1.99. The summed E-state index contributed by atoms with van der Waals surface area (Å²) in [5, 5.41) is 19.1. The van der Waals surface area contributed by atoms with Gasteiger partial charge in [0.2, 0.25) is 0 Å². The SMILES string of the molecule is N#Cc1c(I)ccc([N+](=O)[O-])c1S. The standard InChI is InChI=1S/C7H3IN2O2S/c8-5-1-2-6(10(11)12)7(13)4(5)3-9/h1-2,13H. The summed E-state index contributed by atoms with van der Waals surface area (Å²) in [6, 6.07) is 4.73. The molecule has 0 spiro atoms. The Morgan fingerprint density at radius 1 is 1.62 bits per heavy atom. The summed E-state index contributed by atoms with van der Waals surface area (Å²) in [6.45, 7) is 0. The Morgan fingerprint density at radius 2 is 2.23 bits per heavy atom. The fraction of sp³-hybridized carbons (Fsp3) is 0. The lowest BCUT2D eigenvalue weighted by Crippen LogP contribution is -1.93. The molecule has 0 saturated heterocycles. The molecule has 6 heteroatoms. The van der Waals surface area contributed by atoms with Crippen molar-refractivity contribution in [1.82, 2.24) is 0 Å². The maximum atomic E-state index is 10.4. The van der Waals surface area contributed by atoms with Crippen LogP contribution in [0.4, 0.5) is 5.69 Å². The van der Waals surface area contributed by atoms with Crippen LogP contribution >= 0.6 is 35.2 Å². The van der Waals surface area contributed by atoms with Gasteiger partial charge in [-0.05, 0) is 28.7 Å². The summed E-state index contributed by atoms with van der Waals surface area (Å²) in [6.07, 6.45) is 0. The van der Waals surface area contributed by atoms with E-state index < -0.39 is 4.92 Å². The first-order valence-electron chi connectivity index (χ1n) is 3.14. The first-order chi connectivity index (χ1) is 6.07. The van der Waals surface area contributed by atoms with Gasteiger partial charge >= 0.3 is 0 Å². The van der Waals surface area contributed by atoms with E-state index in [0.717, 1.165) is 0 Å². The minimum Gasteiger partial charge on any atom is -0.258 e. The van der Waals surface area contributed by atoms with E-state index in [2.05, 4.69) is 12.6 Å². The molecule has 0 bridgehead atoms. The lowest BCUT2D eigenvalue weighted by atomic mass is 10.2. The minimum absolute atomic E-state index is 0.124. The molecule has 0 unspecified atom stereocenters. The van der Waals surface area contributed by atoms with Gasteiger partial charge in [-0.2, -0.15) is 5.26 Å². The predicted octanol–water partition coefficient (Wildman–Crippen LogP) is 2.36. The molecule has 0 N–H and O–H groups in total. The van der Waals surface area contributed by atoms with Crippen molar-refractivity contribution >= 4 is 40.9 Å². The third-order valence-corrected chi connectivity index (χ3v) is 2.77. The molecule has 0 amide bonds. The zero-order valence-corrected chi connectivity index (χ0v) is 9.24. The van der Waals surface area contributed by atoms with E-state index in [1.807, 2.05) is 28.7 Å². The van der Waals surface area contributed by atoms with Gasteiger partial charge in [-0.1, -0.05) is 0 Å². The monoisotopic (exact) mass is 306 g/mol. The number of rotatable bonds is 1. The van der Waals surface area contributed by atoms with Gasteiger partial charge < -0.3 is 0 Å². The number of nitriles is 1. The van der Waals surface area contributed by atoms with Gasteiger partial charge in [0.25, 0.3) is 5.69 Å². The number of halogens is 1. The Kier molecular flexibility index (Phi) is 3.11. The van der Waals surface area contributed by atoms with E-state index in [1.165, 1.54) is 12.1 Å². The molecule has 4 nitrogen and oxygen atoms in total. The number of hydrogen-bond donors (Lipinski definition) is 1. The highest BCUT2D eigenvalue weighted by Gasteiger charge is 2.16. The predicted molar refractivity (Wildman–Crippen MR) is 57.8 cm³/mol. The average Bonchev–Trinajstić information content (AvgIpc) is 2.04. The number of thiol groups is 1. The smallest absolute Gasteiger partial charge is 0.258 e. The normalized spacial score (nSPS) is 9.31. The van der Waals surface area contributed by atoms with E-state index >= 15 is 0 Å². The van der Waals surface area contributed by atoms with Gasteiger partial charge in [0, 0.05) is 9.64 Å². The number of nitro groups is 1. The van der Waals surface area contributed by atoms with Gasteiger partial charge in [-0.3, -0.25) is 10.1 Å². The van der Waals surface area contributed by atoms with Crippen LogP contribution in [0.1, 0.15) is 5.56 Å². The maximum absolute atomic E-state index is 10.4. The van der Waals surface area contributed by atoms with E-state index in [4.69, 9.17) is 5.26 Å². The van der Waals surface area contributed by atoms with Crippen LogP contribution in [-0.2, 0) is 0 Å². The first kappa shape index (κ1) is 10.3. The number of hydrogen-bond acceptors (Lipinski definition) is 4. The molecule has 0 saturated carbocycles. The van der Waals surface area contributed by atoms with Gasteiger partial charge in [0.15, 0.2) is 0 Å². The summed E-state index contributed by atoms with van der Waals surface area (Å²) in [5.41, 5.74) is 0.110. The Morgan fingerprint density at radius 3 is 2.69 bits per heavy atom. The van der Waals surface area contributed by atoms with E-state index in [0.29, 0.717) is 3.57 Å². The molecular formula is C7H3IN2O2S. The van der Waals surface area contributed by atoms with Crippen molar-refractivity contribution in [2.24, 2.45) is 0 Å². The van der Waals surface area contributed by atoms with E-state index in [9.17, 15) is 10.1 Å². The Balaban J connectivity index is 3.47. The fourth-order valence-electron chi connectivity index (χ4n) is 0.809. The van der Waals surface area contributed by atoms with Crippen LogP contribution in [0.5, 0.6) is 0 Å². The molecule has 0 aliphatic carbocycles. The lowest BCUT2D eigenvalue weighted by molar-refractivity contribution is -0.387. The molecule has 0 fully saturated rings. The maximum Gasteiger partial charge on any atom is 0.284 e. The van der Waals surface area contributed by atoms with Crippen molar-refractivity contribution in [1.29, 1.82) is 5.26 Å². The van der Waals surface area contributed by atoms with Crippen LogP contribution in [0.3, 0.4) is 0 Å². The van der Waals surface area contributed by atoms with Gasteiger partial charge in [0.1, 0.15) is 11.0 Å². The Labute approximate surface area is 93.3 Å². The first-order valence-corrected chi connectivity index (χ1v) is 4.66. The Hall–Kier alpha value is -0.810. The molecule has 0 aliphatic heterocycles. The quantitative estimate of drug-likeness (QED) is 0.375. The zero-order valence-electron chi connectivity index (χ0n) is 6.19. The van der Waals surface area contributed by atoms with Gasteiger partial charge in [-0.15, -0.1) is 12.6 Å². The molecule has 0 heterocycles. The second-order valence-electron chi connectivity index (χ2n) is 2.16. The highest BCUT2D eigenvalue weighted by atomic mass is 127. The summed E-state index contributed by atoms with van der Waals surface area (Å²) in [7, 11) is 0. The molecular weight excluding hydrogens is 303 g/mol. The van der Waals surface area contributed by atoms with E-state index in [1.54, 1.807) is 0 Å². The highest BCUT2D eigenvalue weighted by molar-refractivity contribution is 14.1. The van der Waals surface area contributed by atoms with Crippen LogP contribution in [0.25, 0.3) is 0 Å². The second-order valence-corrected chi connectivity index (χ2v) is 3.77. The minimum atomic E-state index is -0.556. The molecule has 13 heavy (non-hydrogen) atoms. The third kappa shape index (κ3) is 1.92. The molecule has 1 rings (SSSR count). The summed E-state index contributed by atoms with van der Waals surface area (Å²) in [4.78, 5) is 10.0. The molecule has 0 aromatic heterocycles. The van der Waals surface area contributed by atoms with Crippen molar-refractivity contribution in [3.8, 4) is 6.07 Å². The molecule has 0 aliphatic rings. The van der Waals surface area contributed by atoms with Crippen LogP contribution < -0.4 is 0 Å². The molecule has 1 aromatic rings. The summed E-state index contributed by atoms with van der Waals surface area (Å²) in [5.74, 6) is 0. The fourth-order valence-corrected chi connectivity index (χ4v) is 1.92. The topological polar surface area (TPSA) is 66.9 Å². The third-order valence-electron chi connectivity index (χ3n) is 1.41. The van der Waals surface area contributed by atoms with Crippen molar-refractivity contribution in [2.75, 3.05) is 0 Å². The van der Waals surface area contributed by atoms with Crippen LogP contribution in [0, 0.1) is 25.0 Å². The number of nitrogens with zero attached hydrogens (tertiary/aromatic N) is 2. The molecule has 66 valence electrons. The van der Waals surface area contributed by atoms with E-state index in [-0.39, 0.29) is 16.1 Å². The molecule has 0 radical (unpaired) electrons. The molecule has 1 aromatic carbocycles. The van der Waals surface area contributed by atoms with Crippen LogP contribution in [0.2, 0.25) is 0 Å². The zero-order chi connectivity index (χ0) is 10.0. The Bertz CT molecular complexity index is 414. The van der Waals surface area contributed by atoms with Crippen molar-refractivity contribution in [3.63, 3.8) is 0 Å². The van der Waals surface area contributed by atoms with Crippen LogP contribution in [0.15, 0.2) is 17.0 Å². The van der Waals surface area contributed by atoms with Crippen molar-refractivity contribution in [2.45, 2.75) is 4.90 Å². The van der Waals surface area contributed by atoms with Crippen molar-refractivity contribution in [3.05, 3.63) is 31.4 Å². The van der Waals surface area contributed by atoms with Gasteiger partial charge in [0.05, 0.1) is 10.5 Å². The molecule has 0 atom stereocenters. The van der Waals surface area contributed by atoms with Gasteiger partial charge in [-0.25, -0.2) is 0 Å². The van der Waals surface area contributed by atoms with Crippen LogP contribution in [-0.4, -0.2) is 4.92 Å². The summed E-state index contributed by atoms with van der Waals surface area (Å²) < 4.78 is 0.663. The highest BCUT2D eigenvalue weighted by Crippen LogP contribution is 2.28. The van der Waals surface area contributed by atoms with Crippen molar-refractivity contribution < 1.29 is 4.92 Å². The number of nitro benzene ring substituents is 1. The number of benzene rings is 1. The second kappa shape index (κ2) is 3.93. The largest absolute Gasteiger partial charge is 0.284 e. The summed E-state index contributed by atoms with van der Waals surface area (Å²) >= 11 is 5.86.